The number of hydrogen-bond donors (Lipinski definition) is 2. The van der Waals surface area contributed by atoms with Crippen LogP contribution in [-0.4, -0.2) is 88.6 Å². The Morgan fingerprint density at radius 3 is 2.80 bits per heavy atom. The second-order valence-electron chi connectivity index (χ2n) is 13.0. The topological polar surface area (TPSA) is 95.9 Å². The summed E-state index contributed by atoms with van der Waals surface area (Å²) in [7, 11) is 1.74. The molecule has 4 atom stereocenters. The molecule has 0 saturated carbocycles. The number of anilines is 1. The van der Waals surface area contributed by atoms with Crippen molar-refractivity contribution in [3.05, 3.63) is 60.1 Å². The maximum absolute atomic E-state index is 16.8. The molecule has 6 heterocycles. The van der Waals surface area contributed by atoms with Crippen LogP contribution in [0.1, 0.15) is 31.2 Å². The van der Waals surface area contributed by atoms with Crippen LogP contribution in [0.15, 0.2) is 48.7 Å². The molecule has 45 heavy (non-hydrogen) atoms. The third-order valence-corrected chi connectivity index (χ3v) is 10.0. The Hall–Kier alpha value is -4.30. The quantitative estimate of drug-likeness (QED) is 0.245. The lowest BCUT2D eigenvalue weighted by Gasteiger charge is -2.34. The minimum Gasteiger partial charge on any atom is -0.508 e. The number of hydrogen-bond acceptors (Lipinski definition) is 9. The van der Waals surface area contributed by atoms with Gasteiger partial charge in [0, 0.05) is 68.1 Å². The number of pyridine rings is 1. The van der Waals surface area contributed by atoms with Gasteiger partial charge in [-0.3, -0.25) is 9.88 Å². The first kappa shape index (κ1) is 28.2. The van der Waals surface area contributed by atoms with Crippen molar-refractivity contribution in [2.45, 2.75) is 49.4 Å². The molecular weight excluding hydrogens is 571 g/mol. The average molecular weight is 607 g/mol. The van der Waals surface area contributed by atoms with E-state index in [0.717, 1.165) is 57.4 Å². The predicted molar refractivity (Wildman–Crippen MR) is 171 cm³/mol. The van der Waals surface area contributed by atoms with Crippen LogP contribution in [0.2, 0.25) is 0 Å². The highest BCUT2D eigenvalue weighted by Gasteiger charge is 2.50. The Morgan fingerprint density at radius 1 is 1.20 bits per heavy atom. The van der Waals surface area contributed by atoms with E-state index in [1.807, 2.05) is 12.1 Å². The monoisotopic (exact) mass is 606 g/mol. The Balaban J connectivity index is 1.25. The molecule has 4 aromatic rings. The standard InChI is InChI=1S/C35H35FN6O3/c1-4-21-6-5-7-22-10-25(43)11-27(29(21)22)31-30(36)32-28(14-37-31)33(41-16-23-8-9-24(17-41)38-23)40-34(39-32)45-19-35-12-20(2)15-42(35)18-26(13-35)44-3/h1,5-7,10-11,14,23-24,26,38,43H,2,8-9,12-13,15-19H2,3H3/t23?,24?,26-,35-/m0/s1. The Kier molecular flexibility index (Phi) is 6.68. The number of rotatable bonds is 6. The lowest BCUT2D eigenvalue weighted by atomic mass is 9.93. The van der Waals surface area contributed by atoms with Gasteiger partial charge >= 0.3 is 6.01 Å². The number of phenols is 1. The van der Waals surface area contributed by atoms with E-state index in [1.165, 1.54) is 6.07 Å². The molecule has 9 nitrogen and oxygen atoms in total. The normalized spacial score (nSPS) is 26.1. The third kappa shape index (κ3) is 4.69. The number of terminal acetylenes is 1. The van der Waals surface area contributed by atoms with Crippen molar-refractivity contribution in [3.8, 4) is 35.4 Å². The van der Waals surface area contributed by atoms with Gasteiger partial charge in [0.05, 0.1) is 17.0 Å². The van der Waals surface area contributed by atoms with E-state index in [9.17, 15) is 5.11 Å². The second-order valence-corrected chi connectivity index (χ2v) is 13.0. The first-order valence-corrected chi connectivity index (χ1v) is 15.5. The SMILES string of the molecule is C#Cc1cccc2cc(O)cc(-c3ncc4c(N5CC6CCC(C5)N6)nc(OC[C@@]56CC(=C)CN5C[C@@H](OC)C6)nc4c3F)c12. The molecule has 2 N–H and O–H groups in total. The predicted octanol–water partition coefficient (Wildman–Crippen LogP) is 4.41. The maximum Gasteiger partial charge on any atom is 0.319 e. The first-order valence-electron chi connectivity index (χ1n) is 15.5. The number of piperazine rings is 1. The molecule has 0 amide bonds. The molecule has 0 radical (unpaired) electrons. The fourth-order valence-corrected chi connectivity index (χ4v) is 8.03. The van der Waals surface area contributed by atoms with Crippen LogP contribution in [0, 0.1) is 18.2 Å². The van der Waals surface area contributed by atoms with Gasteiger partial charge < -0.3 is 24.8 Å². The molecule has 2 aromatic carbocycles. The number of fused-ring (bicyclic) bond motifs is 5. The highest BCUT2D eigenvalue weighted by Crippen LogP contribution is 2.43. The molecule has 2 aromatic heterocycles. The Labute approximate surface area is 261 Å². The Bertz CT molecular complexity index is 1900. The van der Waals surface area contributed by atoms with E-state index in [4.69, 9.17) is 20.9 Å². The van der Waals surface area contributed by atoms with Crippen molar-refractivity contribution >= 4 is 27.5 Å². The molecule has 4 saturated heterocycles. The van der Waals surface area contributed by atoms with E-state index in [1.54, 1.807) is 25.4 Å². The number of nitrogens with one attached hydrogen (secondary N) is 1. The van der Waals surface area contributed by atoms with Crippen molar-refractivity contribution in [2.75, 3.05) is 44.8 Å². The van der Waals surface area contributed by atoms with Gasteiger partial charge in [0.25, 0.3) is 0 Å². The van der Waals surface area contributed by atoms with Crippen LogP contribution >= 0.6 is 0 Å². The fraction of sp³-hybridized carbons (Fsp3) is 0.400. The lowest BCUT2D eigenvalue weighted by Crippen LogP contribution is -2.51. The summed E-state index contributed by atoms with van der Waals surface area (Å²) < 4.78 is 29.0. The molecule has 0 aliphatic carbocycles. The summed E-state index contributed by atoms with van der Waals surface area (Å²) in [6.07, 6.45) is 11.4. The number of aromatic nitrogens is 3. The maximum atomic E-state index is 16.8. The number of ether oxygens (including phenoxy) is 2. The van der Waals surface area contributed by atoms with E-state index in [0.29, 0.717) is 51.8 Å². The number of halogens is 1. The lowest BCUT2D eigenvalue weighted by molar-refractivity contribution is 0.101. The van der Waals surface area contributed by atoms with E-state index in [-0.39, 0.29) is 34.6 Å². The van der Waals surface area contributed by atoms with Gasteiger partial charge in [0.1, 0.15) is 29.4 Å². The van der Waals surface area contributed by atoms with Gasteiger partial charge in [-0.25, -0.2) is 4.39 Å². The van der Waals surface area contributed by atoms with Crippen molar-refractivity contribution < 1.29 is 19.0 Å². The zero-order valence-corrected chi connectivity index (χ0v) is 25.2. The molecule has 8 rings (SSSR count). The molecular formula is C35H35FN6O3. The number of methoxy groups -OCH3 is 1. The molecule has 4 aliphatic rings. The molecule has 230 valence electrons. The largest absolute Gasteiger partial charge is 0.508 e. The minimum absolute atomic E-state index is 0.00968. The van der Waals surface area contributed by atoms with Crippen LogP contribution in [0.5, 0.6) is 11.8 Å². The van der Waals surface area contributed by atoms with E-state index < -0.39 is 5.82 Å². The van der Waals surface area contributed by atoms with Crippen LogP contribution in [0.4, 0.5) is 10.2 Å². The molecule has 2 bridgehead atoms. The minimum atomic E-state index is -0.618. The third-order valence-electron chi connectivity index (χ3n) is 10.0. The first-order chi connectivity index (χ1) is 21.8. The molecule has 10 heteroatoms. The fourth-order valence-electron chi connectivity index (χ4n) is 8.03. The van der Waals surface area contributed by atoms with Crippen molar-refractivity contribution in [1.82, 2.24) is 25.2 Å². The van der Waals surface area contributed by atoms with E-state index >= 15 is 4.39 Å². The van der Waals surface area contributed by atoms with Crippen LogP contribution in [0.3, 0.4) is 0 Å². The van der Waals surface area contributed by atoms with E-state index in [2.05, 4.69) is 37.6 Å². The molecule has 2 unspecified atom stereocenters. The van der Waals surface area contributed by atoms with Crippen LogP contribution in [0.25, 0.3) is 32.9 Å². The average Bonchev–Trinajstić information content (AvgIpc) is 3.66. The van der Waals surface area contributed by atoms with Gasteiger partial charge in [-0.2, -0.15) is 9.97 Å². The van der Waals surface area contributed by atoms with Crippen molar-refractivity contribution in [1.29, 1.82) is 0 Å². The number of benzene rings is 2. The highest BCUT2D eigenvalue weighted by atomic mass is 19.1. The summed E-state index contributed by atoms with van der Waals surface area (Å²) in [6, 6.07) is 9.37. The molecule has 0 spiro atoms. The van der Waals surface area contributed by atoms with Gasteiger partial charge in [-0.15, -0.1) is 6.42 Å². The highest BCUT2D eigenvalue weighted by molar-refractivity contribution is 6.02. The zero-order valence-electron chi connectivity index (χ0n) is 25.2. The number of phenolic OH excluding ortho intramolecular Hbond substituents is 1. The summed E-state index contributed by atoms with van der Waals surface area (Å²) in [5, 5.41) is 16.1. The van der Waals surface area contributed by atoms with Gasteiger partial charge in [-0.05, 0) is 49.3 Å². The summed E-state index contributed by atoms with van der Waals surface area (Å²) in [5.74, 6) is 2.68. The summed E-state index contributed by atoms with van der Waals surface area (Å²) in [6.45, 7) is 7.70. The molecule has 4 fully saturated rings. The summed E-state index contributed by atoms with van der Waals surface area (Å²) >= 11 is 0. The van der Waals surface area contributed by atoms with Gasteiger partial charge in [0.2, 0.25) is 0 Å². The van der Waals surface area contributed by atoms with Gasteiger partial charge in [0.15, 0.2) is 5.82 Å². The zero-order chi connectivity index (χ0) is 30.9. The van der Waals surface area contributed by atoms with Crippen LogP contribution in [-0.2, 0) is 4.74 Å². The summed E-state index contributed by atoms with van der Waals surface area (Å²) in [4.78, 5) is 18.8. The number of aromatic hydroxyl groups is 1. The van der Waals surface area contributed by atoms with Gasteiger partial charge in [-0.1, -0.05) is 30.2 Å². The number of nitrogens with zero attached hydrogens (tertiary/aromatic N) is 5. The van der Waals surface area contributed by atoms with Crippen molar-refractivity contribution in [3.63, 3.8) is 0 Å². The Morgan fingerprint density at radius 2 is 2.02 bits per heavy atom. The smallest absolute Gasteiger partial charge is 0.319 e. The molecule has 4 aliphatic heterocycles. The van der Waals surface area contributed by atoms with Crippen LogP contribution < -0.4 is 15.0 Å². The van der Waals surface area contributed by atoms with Crippen molar-refractivity contribution in [2.24, 2.45) is 0 Å². The second kappa shape index (κ2) is 10.7. The summed E-state index contributed by atoms with van der Waals surface area (Å²) in [5.41, 5.74) is 2.05.